The second-order valence-electron chi connectivity index (χ2n) is 4.29. The number of pyridine rings is 1. The highest BCUT2D eigenvalue weighted by atomic mass is 79.9. The van der Waals surface area contributed by atoms with Crippen molar-refractivity contribution in [1.82, 2.24) is 9.71 Å². The predicted molar refractivity (Wildman–Crippen MR) is 80.3 cm³/mol. The van der Waals surface area contributed by atoms with Crippen molar-refractivity contribution in [3.8, 4) is 0 Å². The highest BCUT2D eigenvalue weighted by molar-refractivity contribution is 9.10. The summed E-state index contributed by atoms with van der Waals surface area (Å²) in [5.41, 5.74) is 1.02. The number of furan rings is 1. The van der Waals surface area contributed by atoms with Gasteiger partial charge >= 0.3 is 0 Å². The summed E-state index contributed by atoms with van der Waals surface area (Å²) >= 11 is 4.79. The molecule has 21 heavy (non-hydrogen) atoms. The number of carbonyl (C=O) groups excluding carboxylic acids is 1. The normalized spacial score (nSPS) is 14.0. The minimum Gasteiger partial charge on any atom is -0.467 e. The van der Waals surface area contributed by atoms with Crippen LogP contribution in [0.25, 0.3) is 0 Å². The number of hydrogen-bond donors (Lipinski definition) is 1. The van der Waals surface area contributed by atoms with Crippen molar-refractivity contribution in [2.24, 2.45) is 0 Å². The molecule has 3 rings (SSSR count). The number of rotatable bonds is 3. The van der Waals surface area contributed by atoms with Crippen LogP contribution in [0.4, 0.5) is 0 Å². The molecule has 2 aromatic rings. The number of aromatic nitrogens is 1. The summed E-state index contributed by atoms with van der Waals surface area (Å²) in [6.07, 6.45) is 2.65. The molecule has 0 fully saturated rings. The maximum Gasteiger partial charge on any atom is 0.281 e. The van der Waals surface area contributed by atoms with Gasteiger partial charge in [-0.25, -0.2) is 9.71 Å². The molecule has 0 aliphatic carbocycles. The number of nitrogens with zero attached hydrogens (tertiary/aromatic N) is 1. The van der Waals surface area contributed by atoms with Gasteiger partial charge in [-0.3, -0.25) is 4.79 Å². The summed E-state index contributed by atoms with van der Waals surface area (Å²) in [4.78, 5) is 15.9. The fourth-order valence-electron chi connectivity index (χ4n) is 1.89. The Labute approximate surface area is 133 Å². The molecule has 0 saturated carbocycles. The zero-order chi connectivity index (χ0) is 15.0. The third-order valence-corrected chi connectivity index (χ3v) is 5.58. The molecule has 110 valence electrons. The first-order chi connectivity index (χ1) is 9.97. The lowest BCUT2D eigenvalue weighted by atomic mass is 10.2. The number of fused-ring (bicyclic) bond motifs is 1. The number of thioether (sulfide) groups is 1. The first-order valence-electron chi connectivity index (χ1n) is 5.83. The van der Waals surface area contributed by atoms with Crippen LogP contribution < -0.4 is 4.72 Å². The number of hydrogen-bond acceptors (Lipinski definition) is 6. The molecule has 2 aromatic heterocycles. The smallest absolute Gasteiger partial charge is 0.281 e. The van der Waals surface area contributed by atoms with E-state index >= 15 is 0 Å². The van der Waals surface area contributed by atoms with Gasteiger partial charge in [-0.15, -0.1) is 11.8 Å². The third-order valence-electron chi connectivity index (χ3n) is 2.91. The summed E-state index contributed by atoms with van der Waals surface area (Å²) in [6, 6.07) is 2.85. The fraction of sp³-hybridized carbons (Fsp3) is 0.167. The Bertz CT molecular complexity index is 799. The molecular formula is C12H9BrN2O4S2. The number of amides is 1. The highest BCUT2D eigenvalue weighted by Gasteiger charge is 2.27. The van der Waals surface area contributed by atoms with Gasteiger partial charge in [0.25, 0.3) is 15.9 Å². The summed E-state index contributed by atoms with van der Waals surface area (Å²) in [7, 11) is -4.00. The van der Waals surface area contributed by atoms with Crippen LogP contribution in [0.1, 0.15) is 21.7 Å². The van der Waals surface area contributed by atoms with Crippen molar-refractivity contribution < 1.29 is 17.6 Å². The van der Waals surface area contributed by atoms with Gasteiger partial charge in [0.05, 0.1) is 11.3 Å². The average Bonchev–Trinajstić information content (AvgIpc) is 3.00. The van der Waals surface area contributed by atoms with E-state index in [1.54, 1.807) is 11.8 Å². The Kier molecular flexibility index (Phi) is 3.80. The molecule has 0 radical (unpaired) electrons. The monoisotopic (exact) mass is 388 g/mol. The summed E-state index contributed by atoms with van der Waals surface area (Å²) in [6.45, 7) is 0. The summed E-state index contributed by atoms with van der Waals surface area (Å²) in [5, 5.41) is -0.214. The van der Waals surface area contributed by atoms with E-state index < -0.39 is 15.9 Å². The van der Waals surface area contributed by atoms with Crippen molar-refractivity contribution in [1.29, 1.82) is 0 Å². The van der Waals surface area contributed by atoms with Crippen LogP contribution in [0.3, 0.4) is 0 Å². The van der Waals surface area contributed by atoms with Crippen molar-refractivity contribution in [3.05, 3.63) is 46.0 Å². The van der Waals surface area contributed by atoms with Gasteiger partial charge in [0, 0.05) is 22.0 Å². The maximum atomic E-state index is 12.1. The Morgan fingerprint density at radius 2 is 2.19 bits per heavy atom. The summed E-state index contributed by atoms with van der Waals surface area (Å²) < 4.78 is 32.1. The van der Waals surface area contributed by atoms with Crippen LogP contribution in [-0.2, 0) is 21.5 Å². The summed E-state index contributed by atoms with van der Waals surface area (Å²) in [5.74, 6) is 1.37. The molecule has 1 aliphatic rings. The Morgan fingerprint density at radius 1 is 1.38 bits per heavy atom. The third kappa shape index (κ3) is 2.85. The minimum atomic E-state index is -4.00. The van der Waals surface area contributed by atoms with E-state index in [9.17, 15) is 13.2 Å². The lowest BCUT2D eigenvalue weighted by molar-refractivity contribution is 0.0980. The van der Waals surface area contributed by atoms with Crippen LogP contribution >= 0.6 is 27.7 Å². The Balaban J connectivity index is 1.85. The molecule has 0 atom stereocenters. The molecule has 0 spiro atoms. The van der Waals surface area contributed by atoms with Crippen LogP contribution in [0.2, 0.25) is 0 Å². The van der Waals surface area contributed by atoms with Gasteiger partial charge in [0.2, 0.25) is 0 Å². The molecule has 0 unspecified atom stereocenters. The molecule has 1 amide bonds. The van der Waals surface area contributed by atoms with E-state index in [0.717, 1.165) is 11.3 Å². The van der Waals surface area contributed by atoms with Gasteiger partial charge in [-0.05, 0) is 28.1 Å². The van der Waals surface area contributed by atoms with E-state index in [1.165, 1.54) is 24.6 Å². The van der Waals surface area contributed by atoms with Gasteiger partial charge in [0.1, 0.15) is 12.0 Å². The molecular weight excluding hydrogens is 380 g/mol. The molecule has 0 aromatic carbocycles. The van der Waals surface area contributed by atoms with E-state index in [-0.39, 0.29) is 10.6 Å². The zero-order valence-corrected chi connectivity index (χ0v) is 13.7. The SMILES string of the molecule is O=C(NS(=O)(=O)c1ccc(Br)cn1)c1coc2c1CSC2. The Hall–Kier alpha value is -1.32. The molecule has 9 heteroatoms. The number of carbonyl (C=O) groups is 1. The van der Waals surface area contributed by atoms with Crippen LogP contribution in [0, 0.1) is 0 Å². The number of halogens is 1. The molecule has 1 aliphatic heterocycles. The van der Waals surface area contributed by atoms with Crippen molar-refractivity contribution in [2.45, 2.75) is 16.5 Å². The van der Waals surface area contributed by atoms with Crippen LogP contribution in [-0.4, -0.2) is 19.3 Å². The molecule has 1 N–H and O–H groups in total. The predicted octanol–water partition coefficient (Wildman–Crippen LogP) is 2.30. The molecule has 3 heterocycles. The van der Waals surface area contributed by atoms with E-state index in [4.69, 9.17) is 4.42 Å². The standard InChI is InChI=1S/C12H9BrN2O4S2/c13-7-1-2-11(14-3-7)21(17,18)15-12(16)8-4-19-10-6-20-5-9(8)10/h1-4H,5-6H2,(H,15,16). The molecule has 0 bridgehead atoms. The van der Waals surface area contributed by atoms with Crippen molar-refractivity contribution >= 4 is 43.6 Å². The fourth-order valence-corrected chi connectivity index (χ4v) is 4.07. The molecule has 6 nitrogen and oxygen atoms in total. The van der Waals surface area contributed by atoms with Crippen LogP contribution in [0.15, 0.2) is 38.5 Å². The topological polar surface area (TPSA) is 89.3 Å². The van der Waals surface area contributed by atoms with Gasteiger partial charge in [-0.1, -0.05) is 0 Å². The minimum absolute atomic E-state index is 0.214. The maximum absolute atomic E-state index is 12.1. The lowest BCUT2D eigenvalue weighted by Gasteiger charge is -2.05. The second kappa shape index (κ2) is 5.47. The first-order valence-corrected chi connectivity index (χ1v) is 9.26. The van der Waals surface area contributed by atoms with E-state index in [2.05, 4.69) is 20.9 Å². The van der Waals surface area contributed by atoms with Gasteiger partial charge < -0.3 is 4.42 Å². The van der Waals surface area contributed by atoms with E-state index in [0.29, 0.717) is 16.0 Å². The largest absolute Gasteiger partial charge is 0.467 e. The zero-order valence-electron chi connectivity index (χ0n) is 10.5. The number of sulfonamides is 1. The second-order valence-corrected chi connectivity index (χ2v) is 7.82. The van der Waals surface area contributed by atoms with E-state index in [1.807, 2.05) is 4.72 Å². The number of nitrogens with one attached hydrogen (secondary N) is 1. The highest BCUT2D eigenvalue weighted by Crippen LogP contribution is 2.33. The van der Waals surface area contributed by atoms with Crippen molar-refractivity contribution in [2.75, 3.05) is 0 Å². The first kappa shape index (κ1) is 14.6. The van der Waals surface area contributed by atoms with Crippen LogP contribution in [0.5, 0.6) is 0 Å². The molecule has 0 saturated heterocycles. The quantitative estimate of drug-likeness (QED) is 0.867. The van der Waals surface area contributed by atoms with Crippen molar-refractivity contribution in [3.63, 3.8) is 0 Å². The average molecular weight is 389 g/mol. The van der Waals surface area contributed by atoms with Gasteiger partial charge in [0.15, 0.2) is 5.03 Å². The Morgan fingerprint density at radius 3 is 2.90 bits per heavy atom. The lowest BCUT2D eigenvalue weighted by Crippen LogP contribution is -2.31. The van der Waals surface area contributed by atoms with Gasteiger partial charge in [-0.2, -0.15) is 8.42 Å².